The summed E-state index contributed by atoms with van der Waals surface area (Å²) in [6, 6.07) is 6.00. The van der Waals surface area contributed by atoms with Crippen LogP contribution in [0.5, 0.6) is 0 Å². The fraction of sp³-hybridized carbons (Fsp3) is 0.167. The molecule has 2 aromatic rings. The van der Waals surface area contributed by atoms with Gasteiger partial charge in [-0.3, -0.25) is 14.7 Å². The molecule has 0 saturated carbocycles. The van der Waals surface area contributed by atoms with Crippen molar-refractivity contribution in [3.63, 3.8) is 0 Å². The fourth-order valence-electron chi connectivity index (χ4n) is 1.60. The van der Waals surface area contributed by atoms with Crippen molar-refractivity contribution in [1.82, 2.24) is 9.78 Å². The Kier molecular flexibility index (Phi) is 4.75. The molecule has 5 nitrogen and oxygen atoms in total. The molecule has 0 unspecified atom stereocenters. The number of halogens is 3. The summed E-state index contributed by atoms with van der Waals surface area (Å²) >= 11 is 17.3. The van der Waals surface area contributed by atoms with Crippen LogP contribution in [0, 0.1) is 0 Å². The van der Waals surface area contributed by atoms with Crippen LogP contribution < -0.4 is 10.9 Å². The Hall–Kier alpha value is -1.43. The number of hydrogen-bond acceptors (Lipinski definition) is 2. The standard InChI is InChI=1S/C12H10Cl3N3O2/c13-4-3-11(19)16-10-6-12(20)18(17-10)9-2-1-7(14)5-8(9)15/h1-2,5-6,17H,3-4H2,(H,16,19). The molecule has 1 aromatic heterocycles. The summed E-state index contributed by atoms with van der Waals surface area (Å²) < 4.78 is 1.22. The second-order valence-electron chi connectivity index (χ2n) is 3.93. The van der Waals surface area contributed by atoms with Crippen molar-refractivity contribution in [3.8, 4) is 5.69 Å². The maximum absolute atomic E-state index is 11.9. The maximum atomic E-state index is 11.9. The first-order chi connectivity index (χ1) is 9.51. The summed E-state index contributed by atoms with van der Waals surface area (Å²) in [6.45, 7) is 0. The van der Waals surface area contributed by atoms with Gasteiger partial charge in [0.1, 0.15) is 5.82 Å². The average molecular weight is 335 g/mol. The van der Waals surface area contributed by atoms with E-state index in [4.69, 9.17) is 34.8 Å². The molecule has 0 spiro atoms. The minimum atomic E-state index is -0.351. The van der Waals surface area contributed by atoms with Gasteiger partial charge in [-0.25, -0.2) is 4.68 Å². The Balaban J connectivity index is 2.32. The molecular weight excluding hydrogens is 325 g/mol. The van der Waals surface area contributed by atoms with E-state index in [2.05, 4.69) is 10.4 Å². The van der Waals surface area contributed by atoms with Crippen LogP contribution in [0.4, 0.5) is 5.82 Å². The van der Waals surface area contributed by atoms with Gasteiger partial charge >= 0.3 is 0 Å². The van der Waals surface area contributed by atoms with Gasteiger partial charge in [0.15, 0.2) is 0 Å². The first-order valence-corrected chi connectivity index (χ1v) is 6.93. The Labute approximate surface area is 129 Å². The van der Waals surface area contributed by atoms with Gasteiger partial charge in [-0.05, 0) is 18.2 Å². The molecule has 0 bridgehead atoms. The largest absolute Gasteiger partial charge is 0.311 e. The zero-order valence-electron chi connectivity index (χ0n) is 10.1. The van der Waals surface area contributed by atoms with Crippen LogP contribution in [0.3, 0.4) is 0 Å². The molecule has 0 aliphatic rings. The molecule has 106 valence electrons. The third-order valence-corrected chi connectivity index (χ3v) is 3.19. The zero-order valence-corrected chi connectivity index (χ0v) is 12.4. The molecule has 20 heavy (non-hydrogen) atoms. The molecule has 0 fully saturated rings. The molecule has 2 rings (SSSR count). The predicted octanol–water partition coefficient (Wildman–Crippen LogP) is 3.04. The fourth-order valence-corrected chi connectivity index (χ4v) is 2.26. The molecule has 1 amide bonds. The van der Waals surface area contributed by atoms with Gasteiger partial charge in [0.2, 0.25) is 5.91 Å². The van der Waals surface area contributed by atoms with E-state index in [0.717, 1.165) is 0 Å². The van der Waals surface area contributed by atoms with Gasteiger partial charge < -0.3 is 5.32 Å². The van der Waals surface area contributed by atoms with Crippen molar-refractivity contribution in [1.29, 1.82) is 0 Å². The second kappa shape index (κ2) is 6.35. The van der Waals surface area contributed by atoms with E-state index in [1.807, 2.05) is 0 Å². The number of amides is 1. The van der Waals surface area contributed by atoms with E-state index < -0.39 is 0 Å². The molecule has 1 heterocycles. The van der Waals surface area contributed by atoms with Crippen LogP contribution in [-0.4, -0.2) is 21.6 Å². The Morgan fingerprint density at radius 1 is 1.30 bits per heavy atom. The number of anilines is 1. The van der Waals surface area contributed by atoms with Crippen molar-refractivity contribution in [2.45, 2.75) is 6.42 Å². The minimum Gasteiger partial charge on any atom is -0.311 e. The van der Waals surface area contributed by atoms with E-state index in [-0.39, 0.29) is 29.6 Å². The molecule has 8 heteroatoms. The highest BCUT2D eigenvalue weighted by atomic mass is 35.5. The lowest BCUT2D eigenvalue weighted by molar-refractivity contribution is -0.115. The third-order valence-electron chi connectivity index (χ3n) is 2.47. The van der Waals surface area contributed by atoms with Crippen LogP contribution in [0.1, 0.15) is 6.42 Å². The van der Waals surface area contributed by atoms with Gasteiger partial charge in [-0.1, -0.05) is 23.2 Å². The monoisotopic (exact) mass is 333 g/mol. The Morgan fingerprint density at radius 2 is 2.05 bits per heavy atom. The van der Waals surface area contributed by atoms with Gasteiger partial charge in [0, 0.05) is 23.4 Å². The van der Waals surface area contributed by atoms with Crippen LogP contribution in [0.2, 0.25) is 10.0 Å². The Bertz CT molecular complexity index is 693. The molecule has 1 aromatic carbocycles. The summed E-state index contributed by atoms with van der Waals surface area (Å²) in [7, 11) is 0. The first-order valence-electron chi connectivity index (χ1n) is 5.64. The summed E-state index contributed by atoms with van der Waals surface area (Å²) in [4.78, 5) is 23.3. The second-order valence-corrected chi connectivity index (χ2v) is 5.15. The quantitative estimate of drug-likeness (QED) is 0.844. The van der Waals surface area contributed by atoms with Crippen molar-refractivity contribution in [2.24, 2.45) is 0 Å². The number of nitrogens with zero attached hydrogens (tertiary/aromatic N) is 1. The first kappa shape index (κ1) is 15.0. The van der Waals surface area contributed by atoms with Crippen molar-refractivity contribution < 1.29 is 4.79 Å². The number of aromatic nitrogens is 2. The van der Waals surface area contributed by atoms with Crippen molar-refractivity contribution >= 4 is 46.5 Å². The van der Waals surface area contributed by atoms with Crippen LogP contribution in [0.25, 0.3) is 5.69 Å². The summed E-state index contributed by atoms with van der Waals surface area (Å²) in [5, 5.41) is 6.07. The number of H-pyrrole nitrogens is 1. The number of carbonyl (C=O) groups is 1. The zero-order chi connectivity index (χ0) is 14.7. The van der Waals surface area contributed by atoms with Gasteiger partial charge in [-0.15, -0.1) is 11.6 Å². The Morgan fingerprint density at radius 3 is 2.70 bits per heavy atom. The molecule has 0 aliphatic heterocycles. The van der Waals surface area contributed by atoms with Crippen LogP contribution in [-0.2, 0) is 4.79 Å². The molecular formula is C12H10Cl3N3O2. The highest BCUT2D eigenvalue weighted by molar-refractivity contribution is 6.35. The van der Waals surface area contributed by atoms with E-state index in [1.165, 1.54) is 16.8 Å². The SMILES string of the molecule is O=C(CCCl)Nc1cc(=O)n(-c2ccc(Cl)cc2Cl)[nH]1. The lowest BCUT2D eigenvalue weighted by Gasteiger charge is -2.05. The van der Waals surface area contributed by atoms with E-state index in [1.54, 1.807) is 12.1 Å². The number of alkyl halides is 1. The molecule has 2 N–H and O–H groups in total. The van der Waals surface area contributed by atoms with Gasteiger partial charge in [0.05, 0.1) is 10.7 Å². The minimum absolute atomic E-state index is 0.163. The maximum Gasteiger partial charge on any atom is 0.273 e. The van der Waals surface area contributed by atoms with E-state index in [0.29, 0.717) is 15.7 Å². The smallest absolute Gasteiger partial charge is 0.273 e. The van der Waals surface area contributed by atoms with Crippen molar-refractivity contribution in [2.75, 3.05) is 11.2 Å². The predicted molar refractivity (Wildman–Crippen MR) is 80.4 cm³/mol. The van der Waals surface area contributed by atoms with Crippen LogP contribution in [0.15, 0.2) is 29.1 Å². The number of nitrogens with one attached hydrogen (secondary N) is 2. The summed E-state index contributed by atoms with van der Waals surface area (Å²) in [5.74, 6) is 0.200. The molecule has 0 saturated heterocycles. The van der Waals surface area contributed by atoms with Crippen LogP contribution >= 0.6 is 34.8 Å². The molecule has 0 aliphatic carbocycles. The number of hydrogen-bond donors (Lipinski definition) is 2. The lowest BCUT2D eigenvalue weighted by Crippen LogP contribution is -2.14. The lowest BCUT2D eigenvalue weighted by atomic mass is 10.3. The number of benzene rings is 1. The highest BCUT2D eigenvalue weighted by Crippen LogP contribution is 2.23. The summed E-state index contributed by atoms with van der Waals surface area (Å²) in [5.41, 5.74) is 0.0919. The topological polar surface area (TPSA) is 66.9 Å². The van der Waals surface area contributed by atoms with Crippen molar-refractivity contribution in [3.05, 3.63) is 44.7 Å². The third kappa shape index (κ3) is 3.36. The number of aromatic amines is 1. The van der Waals surface area contributed by atoms with Gasteiger partial charge in [-0.2, -0.15) is 0 Å². The molecule has 0 radical (unpaired) electrons. The normalized spacial score (nSPS) is 10.6. The number of rotatable bonds is 4. The molecule has 0 atom stereocenters. The van der Waals surface area contributed by atoms with Gasteiger partial charge in [0.25, 0.3) is 5.56 Å². The van der Waals surface area contributed by atoms with E-state index >= 15 is 0 Å². The highest BCUT2D eigenvalue weighted by Gasteiger charge is 2.10. The average Bonchev–Trinajstić information content (AvgIpc) is 2.70. The number of carbonyl (C=O) groups excluding carboxylic acids is 1. The summed E-state index contributed by atoms with van der Waals surface area (Å²) in [6.07, 6.45) is 0.163. The van der Waals surface area contributed by atoms with E-state index in [9.17, 15) is 9.59 Å².